The van der Waals surface area contributed by atoms with E-state index in [1.165, 1.54) is 16.8 Å². The Hall–Kier alpha value is -2.48. The number of halogens is 1. The van der Waals surface area contributed by atoms with E-state index in [1.807, 2.05) is 42.2 Å². The second-order valence-corrected chi connectivity index (χ2v) is 9.25. The summed E-state index contributed by atoms with van der Waals surface area (Å²) in [5, 5.41) is 0.833. The number of carbonyl (C=O) groups excluding carboxylic acids is 1. The predicted molar refractivity (Wildman–Crippen MR) is 123 cm³/mol. The van der Waals surface area contributed by atoms with Crippen molar-refractivity contribution in [1.82, 2.24) is 19.8 Å². The number of hydrogen-bond donors (Lipinski definition) is 1. The molecule has 0 saturated carbocycles. The van der Waals surface area contributed by atoms with Crippen LogP contribution < -0.4 is 5.73 Å². The molecular weight excluding hydrogens is 418 g/mol. The molecule has 0 unspecified atom stereocenters. The smallest absolute Gasteiger partial charge is 0.239 e. The van der Waals surface area contributed by atoms with Gasteiger partial charge in [0.25, 0.3) is 0 Å². The van der Waals surface area contributed by atoms with Gasteiger partial charge in [0.2, 0.25) is 5.91 Å². The molecule has 0 aliphatic carbocycles. The Labute approximate surface area is 185 Å². The highest BCUT2D eigenvalue weighted by Gasteiger charge is 2.30. The fourth-order valence-corrected chi connectivity index (χ4v) is 4.74. The van der Waals surface area contributed by atoms with Gasteiger partial charge in [0.05, 0.1) is 15.9 Å². The number of thiophene rings is 1. The lowest BCUT2D eigenvalue weighted by molar-refractivity contribution is -0.141. The summed E-state index contributed by atoms with van der Waals surface area (Å²) < 4.78 is 0.790. The van der Waals surface area contributed by atoms with Crippen molar-refractivity contribution in [2.24, 2.45) is 0 Å². The Balaban J connectivity index is 1.41. The molecule has 1 aliphatic heterocycles. The molecule has 3 heterocycles. The largest absolute Gasteiger partial charge is 0.383 e. The van der Waals surface area contributed by atoms with Gasteiger partial charge in [-0.25, -0.2) is 9.97 Å². The highest BCUT2D eigenvalue weighted by atomic mass is 35.5. The summed E-state index contributed by atoms with van der Waals surface area (Å²) in [7, 11) is 0. The molecule has 0 spiro atoms. The Bertz CT molecular complexity index is 1110. The van der Waals surface area contributed by atoms with Crippen LogP contribution in [0.2, 0.25) is 4.34 Å². The molecule has 2 N–H and O–H groups in total. The second-order valence-electron chi connectivity index (χ2n) is 7.53. The summed E-state index contributed by atoms with van der Waals surface area (Å²) >= 11 is 7.61. The first-order valence-electron chi connectivity index (χ1n) is 9.87. The van der Waals surface area contributed by atoms with Crippen molar-refractivity contribution in [2.75, 3.05) is 25.4 Å². The molecule has 0 bridgehead atoms. The lowest BCUT2D eigenvalue weighted by Crippen LogP contribution is -2.55. The quantitative estimate of drug-likeness (QED) is 0.646. The summed E-state index contributed by atoms with van der Waals surface area (Å²) in [6, 6.07) is 9.69. The molecular formula is C22H24ClN5OS. The summed E-state index contributed by atoms with van der Waals surface area (Å²) in [5.41, 5.74) is 8.93. The van der Waals surface area contributed by atoms with E-state index in [1.54, 1.807) is 11.3 Å². The normalized spacial score (nSPS) is 18.4. The monoisotopic (exact) mass is 441 g/mol. The lowest BCUT2D eigenvalue weighted by Gasteiger charge is -2.38. The minimum absolute atomic E-state index is 0.147. The van der Waals surface area contributed by atoms with Crippen LogP contribution in [-0.4, -0.2) is 51.4 Å². The van der Waals surface area contributed by atoms with Crippen LogP contribution in [0.3, 0.4) is 0 Å². The van der Waals surface area contributed by atoms with Crippen LogP contribution in [0.1, 0.15) is 24.3 Å². The Morgan fingerprint density at radius 2 is 2.13 bits per heavy atom. The lowest BCUT2D eigenvalue weighted by atomic mass is 10.1. The van der Waals surface area contributed by atoms with Crippen LogP contribution in [0.5, 0.6) is 0 Å². The van der Waals surface area contributed by atoms with Gasteiger partial charge in [-0.05, 0) is 49.2 Å². The van der Waals surface area contributed by atoms with Crippen LogP contribution in [0.25, 0.3) is 16.5 Å². The average molecular weight is 442 g/mol. The Kier molecular flexibility index (Phi) is 6.04. The third-order valence-electron chi connectivity index (χ3n) is 5.57. The number of anilines is 1. The van der Waals surface area contributed by atoms with Crippen LogP contribution in [-0.2, 0) is 11.3 Å². The summed E-state index contributed by atoms with van der Waals surface area (Å²) in [6.07, 6.45) is 3.64. The van der Waals surface area contributed by atoms with Gasteiger partial charge in [-0.1, -0.05) is 23.7 Å². The Morgan fingerprint density at radius 3 is 2.90 bits per heavy atom. The number of hydrogen-bond acceptors (Lipinski definition) is 6. The molecule has 8 heteroatoms. The van der Waals surface area contributed by atoms with Crippen molar-refractivity contribution >= 4 is 51.1 Å². The van der Waals surface area contributed by atoms with Crippen LogP contribution in [0.4, 0.5) is 5.82 Å². The van der Waals surface area contributed by atoms with Gasteiger partial charge in [-0.3, -0.25) is 9.69 Å². The zero-order valence-corrected chi connectivity index (χ0v) is 18.6. The van der Waals surface area contributed by atoms with E-state index in [0.29, 0.717) is 18.9 Å². The van der Waals surface area contributed by atoms with Crippen molar-refractivity contribution in [3.05, 3.63) is 57.5 Å². The van der Waals surface area contributed by atoms with E-state index >= 15 is 0 Å². The number of nitrogens with zero attached hydrogens (tertiary/aromatic N) is 4. The number of nitrogen functional groups attached to an aromatic ring is 1. The molecule has 1 fully saturated rings. The van der Waals surface area contributed by atoms with E-state index in [0.717, 1.165) is 33.9 Å². The molecule has 156 valence electrons. The Morgan fingerprint density at radius 1 is 1.30 bits per heavy atom. The molecule has 2 aromatic heterocycles. The van der Waals surface area contributed by atoms with Gasteiger partial charge in [-0.2, -0.15) is 0 Å². The molecule has 1 atom stereocenters. The number of allylic oxidation sites excluding steroid dienone is 1. The molecule has 0 radical (unpaired) electrons. The first-order chi connectivity index (χ1) is 14.4. The molecule has 1 aliphatic rings. The number of nitrogens with two attached hydrogens (primary N) is 1. The highest BCUT2D eigenvalue weighted by Crippen LogP contribution is 2.27. The summed E-state index contributed by atoms with van der Waals surface area (Å²) in [4.78, 5) is 26.6. The van der Waals surface area contributed by atoms with Gasteiger partial charge in [-0.15, -0.1) is 11.3 Å². The standard InChI is InChI=1S/C22H24ClN5OS/c1-14(19-5-6-20(23)30-19)7-8-27-9-10-28(22(29)15(27)2)12-16-3-4-17-18(11-16)25-13-26-21(17)24/h3-7,11,13,15H,8-10,12H2,1-2H3,(H2,24,25,26)/t15-/m0/s1. The van der Waals surface area contributed by atoms with E-state index in [2.05, 4.69) is 27.9 Å². The minimum Gasteiger partial charge on any atom is -0.383 e. The first kappa shape index (κ1) is 20.8. The van der Waals surface area contributed by atoms with E-state index < -0.39 is 0 Å². The van der Waals surface area contributed by atoms with Crippen molar-refractivity contribution in [3.63, 3.8) is 0 Å². The number of piperazine rings is 1. The third-order valence-corrected chi connectivity index (χ3v) is 6.94. The fraction of sp³-hybridized carbons (Fsp3) is 0.318. The van der Waals surface area contributed by atoms with Crippen molar-refractivity contribution < 1.29 is 4.79 Å². The van der Waals surface area contributed by atoms with Gasteiger partial charge in [0, 0.05) is 36.4 Å². The third kappa shape index (κ3) is 4.33. The maximum absolute atomic E-state index is 13.0. The van der Waals surface area contributed by atoms with Gasteiger partial charge in [0.15, 0.2) is 0 Å². The minimum atomic E-state index is -0.159. The zero-order valence-electron chi connectivity index (χ0n) is 17.0. The molecule has 6 nitrogen and oxygen atoms in total. The van der Waals surface area contributed by atoms with E-state index in [-0.39, 0.29) is 11.9 Å². The topological polar surface area (TPSA) is 75.3 Å². The number of rotatable bonds is 5. The summed E-state index contributed by atoms with van der Waals surface area (Å²) in [6.45, 7) is 6.91. The van der Waals surface area contributed by atoms with Gasteiger partial charge >= 0.3 is 0 Å². The van der Waals surface area contributed by atoms with E-state index in [4.69, 9.17) is 17.3 Å². The van der Waals surface area contributed by atoms with Gasteiger partial charge in [0.1, 0.15) is 12.1 Å². The molecule has 1 saturated heterocycles. The second kappa shape index (κ2) is 8.71. The number of aromatic nitrogens is 2. The van der Waals surface area contributed by atoms with Crippen molar-refractivity contribution in [3.8, 4) is 0 Å². The van der Waals surface area contributed by atoms with Crippen molar-refractivity contribution in [1.29, 1.82) is 0 Å². The fourth-order valence-electron chi connectivity index (χ4n) is 3.70. The summed E-state index contributed by atoms with van der Waals surface area (Å²) in [5.74, 6) is 0.617. The van der Waals surface area contributed by atoms with Crippen LogP contribution >= 0.6 is 22.9 Å². The van der Waals surface area contributed by atoms with Crippen molar-refractivity contribution in [2.45, 2.75) is 26.4 Å². The first-order valence-corrected chi connectivity index (χ1v) is 11.1. The van der Waals surface area contributed by atoms with Crippen LogP contribution in [0.15, 0.2) is 42.7 Å². The molecule has 30 heavy (non-hydrogen) atoms. The molecule has 3 aromatic rings. The molecule has 4 rings (SSSR count). The SMILES string of the molecule is CC(=CCN1CCN(Cc2ccc3c(N)ncnc3c2)C(=O)[C@@H]1C)c1ccc(Cl)s1. The number of carbonyl (C=O) groups is 1. The predicted octanol–water partition coefficient (Wildman–Crippen LogP) is 4.06. The number of amides is 1. The van der Waals surface area contributed by atoms with Crippen LogP contribution in [0, 0.1) is 0 Å². The maximum Gasteiger partial charge on any atom is 0.239 e. The average Bonchev–Trinajstić information content (AvgIpc) is 3.17. The molecule has 1 aromatic carbocycles. The number of benzene rings is 1. The molecule has 1 amide bonds. The van der Waals surface area contributed by atoms with Gasteiger partial charge < -0.3 is 10.6 Å². The maximum atomic E-state index is 13.0. The van der Waals surface area contributed by atoms with E-state index in [9.17, 15) is 4.79 Å². The highest BCUT2D eigenvalue weighted by molar-refractivity contribution is 7.17. The zero-order chi connectivity index (χ0) is 21.3. The number of fused-ring (bicyclic) bond motifs is 1.